The van der Waals surface area contributed by atoms with E-state index in [1.807, 2.05) is 31.2 Å². The summed E-state index contributed by atoms with van der Waals surface area (Å²) >= 11 is 0. The Morgan fingerprint density at radius 3 is 2.41 bits per heavy atom. The molecule has 4 rings (SSSR count). The van der Waals surface area contributed by atoms with Crippen LogP contribution in [0.4, 0.5) is 0 Å². The van der Waals surface area contributed by atoms with Crippen molar-refractivity contribution in [2.45, 2.75) is 18.4 Å². The van der Waals surface area contributed by atoms with Gasteiger partial charge in [0.05, 0.1) is 29.8 Å². The summed E-state index contributed by atoms with van der Waals surface area (Å²) in [7, 11) is -2.60. The van der Waals surface area contributed by atoms with Crippen molar-refractivity contribution in [1.29, 1.82) is 0 Å². The molecule has 1 fully saturated rings. The summed E-state index contributed by atoms with van der Waals surface area (Å²) in [5.41, 5.74) is 2.06. The molecule has 32 heavy (non-hydrogen) atoms. The Kier molecular flexibility index (Phi) is 6.31. The Balaban J connectivity index is 1.45. The first-order valence-corrected chi connectivity index (χ1v) is 11.6. The molecule has 0 radical (unpaired) electrons. The third-order valence-corrected chi connectivity index (χ3v) is 7.38. The van der Waals surface area contributed by atoms with Crippen LogP contribution in [-0.2, 0) is 21.3 Å². The Hall–Kier alpha value is -3.15. The van der Waals surface area contributed by atoms with Gasteiger partial charge in [-0.1, -0.05) is 29.8 Å². The molecule has 168 valence electrons. The molecule has 10 nitrogen and oxygen atoms in total. The lowest BCUT2D eigenvalue weighted by Gasteiger charge is -2.33. The van der Waals surface area contributed by atoms with Crippen LogP contribution in [-0.4, -0.2) is 77.1 Å². The molecule has 0 atom stereocenters. The van der Waals surface area contributed by atoms with Gasteiger partial charge in [-0.25, -0.2) is 13.2 Å². The highest BCUT2D eigenvalue weighted by Crippen LogP contribution is 2.23. The first-order valence-electron chi connectivity index (χ1n) is 10.1. The zero-order valence-electron chi connectivity index (χ0n) is 17.9. The summed E-state index contributed by atoms with van der Waals surface area (Å²) in [4.78, 5) is 14.1. The van der Waals surface area contributed by atoms with Crippen molar-refractivity contribution in [3.8, 4) is 5.69 Å². The number of sulfonamides is 1. The van der Waals surface area contributed by atoms with Gasteiger partial charge in [-0.15, -0.1) is 5.10 Å². The second kappa shape index (κ2) is 9.15. The Morgan fingerprint density at radius 1 is 1.03 bits per heavy atom. The lowest BCUT2D eigenvalue weighted by atomic mass is 10.2. The molecule has 0 N–H and O–H groups in total. The average Bonchev–Trinajstić information content (AvgIpc) is 3.27. The number of hydrogen-bond donors (Lipinski definition) is 0. The Morgan fingerprint density at radius 2 is 1.72 bits per heavy atom. The number of hydrogen-bond acceptors (Lipinski definition) is 8. The second-order valence-electron chi connectivity index (χ2n) is 7.51. The molecule has 0 unspecified atom stereocenters. The molecular formula is C21H24N6O4S. The van der Waals surface area contributed by atoms with Gasteiger partial charge in [0.1, 0.15) is 0 Å². The lowest BCUT2D eigenvalue weighted by Crippen LogP contribution is -2.48. The van der Waals surface area contributed by atoms with E-state index in [1.54, 1.807) is 16.8 Å². The number of piperazine rings is 1. The summed E-state index contributed by atoms with van der Waals surface area (Å²) in [6.45, 7) is 4.13. The van der Waals surface area contributed by atoms with Crippen LogP contribution in [0, 0.1) is 6.92 Å². The standard InChI is InChI=1S/C21H24N6O4S/c1-16-7-9-17(10-8-16)27-20(22-23-24-27)15-25-11-13-26(14-12-25)32(29,30)19-6-4-3-5-18(19)21(28)31-2/h3-10H,11-15H2,1-2H3. The predicted molar refractivity (Wildman–Crippen MR) is 116 cm³/mol. The van der Waals surface area contributed by atoms with Crippen molar-refractivity contribution in [2.24, 2.45) is 0 Å². The number of carbonyl (C=O) groups excluding carboxylic acids is 1. The van der Waals surface area contributed by atoms with Gasteiger partial charge in [0.15, 0.2) is 5.82 Å². The monoisotopic (exact) mass is 456 g/mol. The zero-order chi connectivity index (χ0) is 22.7. The number of benzene rings is 2. The van der Waals surface area contributed by atoms with E-state index in [4.69, 9.17) is 4.74 Å². The molecule has 3 aromatic rings. The van der Waals surface area contributed by atoms with Gasteiger partial charge in [0.2, 0.25) is 10.0 Å². The minimum Gasteiger partial charge on any atom is -0.465 e. The number of aryl methyl sites for hydroxylation is 1. The summed E-state index contributed by atoms with van der Waals surface area (Å²) in [6.07, 6.45) is 0. The molecule has 1 saturated heterocycles. The van der Waals surface area contributed by atoms with Crippen LogP contribution in [0.15, 0.2) is 53.4 Å². The third kappa shape index (κ3) is 4.40. The Bertz CT molecular complexity index is 1200. The molecule has 0 aliphatic carbocycles. The third-order valence-electron chi connectivity index (χ3n) is 5.42. The SMILES string of the molecule is COC(=O)c1ccccc1S(=O)(=O)N1CCN(Cc2nnnn2-c2ccc(C)cc2)CC1. The van der Waals surface area contributed by atoms with Gasteiger partial charge in [0.25, 0.3) is 0 Å². The van der Waals surface area contributed by atoms with Crippen LogP contribution in [0.1, 0.15) is 21.7 Å². The van der Waals surface area contributed by atoms with Gasteiger partial charge in [-0.3, -0.25) is 4.90 Å². The maximum Gasteiger partial charge on any atom is 0.339 e. The molecule has 1 aliphatic rings. The molecule has 0 bridgehead atoms. The maximum absolute atomic E-state index is 13.2. The van der Waals surface area contributed by atoms with E-state index >= 15 is 0 Å². The van der Waals surface area contributed by atoms with Gasteiger partial charge < -0.3 is 4.74 Å². The first kappa shape index (κ1) is 22.1. The normalized spacial score (nSPS) is 15.6. The summed E-state index contributed by atoms with van der Waals surface area (Å²) in [6, 6.07) is 14.0. The number of nitrogens with zero attached hydrogens (tertiary/aromatic N) is 6. The highest BCUT2D eigenvalue weighted by atomic mass is 32.2. The molecular weight excluding hydrogens is 432 g/mol. The van der Waals surface area contributed by atoms with Crippen molar-refractivity contribution in [1.82, 2.24) is 29.4 Å². The molecule has 1 aromatic heterocycles. The minimum atomic E-state index is -3.83. The van der Waals surface area contributed by atoms with Crippen LogP contribution in [0.2, 0.25) is 0 Å². The molecule has 11 heteroatoms. The van der Waals surface area contributed by atoms with E-state index in [0.29, 0.717) is 38.5 Å². The molecule has 0 saturated carbocycles. The van der Waals surface area contributed by atoms with E-state index in [9.17, 15) is 13.2 Å². The van der Waals surface area contributed by atoms with E-state index < -0.39 is 16.0 Å². The zero-order valence-corrected chi connectivity index (χ0v) is 18.7. The van der Waals surface area contributed by atoms with E-state index in [-0.39, 0.29) is 10.5 Å². The average molecular weight is 457 g/mol. The highest BCUT2D eigenvalue weighted by Gasteiger charge is 2.32. The van der Waals surface area contributed by atoms with Gasteiger partial charge >= 0.3 is 5.97 Å². The van der Waals surface area contributed by atoms with E-state index in [0.717, 1.165) is 11.3 Å². The number of tetrazole rings is 1. The molecule has 2 heterocycles. The second-order valence-corrected chi connectivity index (χ2v) is 9.42. The highest BCUT2D eigenvalue weighted by molar-refractivity contribution is 7.89. The fourth-order valence-electron chi connectivity index (χ4n) is 3.63. The van der Waals surface area contributed by atoms with Crippen LogP contribution in [0.5, 0.6) is 0 Å². The first-order chi connectivity index (χ1) is 15.4. The van der Waals surface area contributed by atoms with Crippen molar-refractivity contribution < 1.29 is 17.9 Å². The summed E-state index contributed by atoms with van der Waals surface area (Å²) < 4.78 is 34.2. The molecule has 1 aliphatic heterocycles. The van der Waals surface area contributed by atoms with Crippen molar-refractivity contribution in [2.75, 3.05) is 33.3 Å². The summed E-state index contributed by atoms with van der Waals surface area (Å²) in [5, 5.41) is 12.0. The van der Waals surface area contributed by atoms with Crippen LogP contribution >= 0.6 is 0 Å². The van der Waals surface area contributed by atoms with E-state index in [2.05, 4.69) is 20.4 Å². The van der Waals surface area contributed by atoms with Crippen molar-refractivity contribution in [3.63, 3.8) is 0 Å². The number of aromatic nitrogens is 4. The molecule has 2 aromatic carbocycles. The maximum atomic E-state index is 13.2. The molecule has 0 spiro atoms. The van der Waals surface area contributed by atoms with Crippen LogP contribution in [0.25, 0.3) is 5.69 Å². The number of ether oxygens (including phenoxy) is 1. The molecule has 0 amide bonds. The predicted octanol–water partition coefficient (Wildman–Crippen LogP) is 1.26. The van der Waals surface area contributed by atoms with Crippen LogP contribution < -0.4 is 0 Å². The fraction of sp³-hybridized carbons (Fsp3) is 0.333. The fourth-order valence-corrected chi connectivity index (χ4v) is 5.23. The quantitative estimate of drug-likeness (QED) is 0.510. The summed E-state index contributed by atoms with van der Waals surface area (Å²) in [5.74, 6) is 0.00644. The van der Waals surface area contributed by atoms with Gasteiger partial charge in [0, 0.05) is 26.2 Å². The van der Waals surface area contributed by atoms with Crippen molar-refractivity contribution >= 4 is 16.0 Å². The topological polar surface area (TPSA) is 111 Å². The van der Waals surface area contributed by atoms with Gasteiger partial charge in [-0.2, -0.15) is 8.99 Å². The van der Waals surface area contributed by atoms with E-state index in [1.165, 1.54) is 23.5 Å². The largest absolute Gasteiger partial charge is 0.465 e. The lowest BCUT2D eigenvalue weighted by molar-refractivity contribution is 0.0596. The number of rotatable bonds is 6. The number of methoxy groups -OCH3 is 1. The number of carbonyl (C=O) groups is 1. The van der Waals surface area contributed by atoms with Crippen molar-refractivity contribution in [3.05, 3.63) is 65.5 Å². The smallest absolute Gasteiger partial charge is 0.339 e. The van der Waals surface area contributed by atoms with Gasteiger partial charge in [-0.05, 0) is 41.6 Å². The Labute approximate surface area is 186 Å². The van der Waals surface area contributed by atoms with Crippen LogP contribution in [0.3, 0.4) is 0 Å². The number of esters is 1. The minimum absolute atomic E-state index is 0.0368.